The molecule has 1 atom stereocenters. The normalized spacial score (nSPS) is 21.1. The summed E-state index contributed by atoms with van der Waals surface area (Å²) < 4.78 is 38.1. The Morgan fingerprint density at radius 1 is 1.00 bits per heavy atom. The van der Waals surface area contributed by atoms with Gasteiger partial charge in [0.05, 0.1) is 11.7 Å². The second kappa shape index (κ2) is 9.73. The first kappa shape index (κ1) is 21.8. The Balaban J connectivity index is 1.45. The number of aromatic nitrogens is 1. The second-order valence-corrected chi connectivity index (χ2v) is 7.64. The number of amides is 1. The van der Waals surface area contributed by atoms with E-state index in [4.69, 9.17) is 0 Å². The van der Waals surface area contributed by atoms with Crippen molar-refractivity contribution in [2.75, 3.05) is 70.3 Å². The number of rotatable bonds is 6. The molecular weight excluding hydrogens is 387 g/mol. The van der Waals surface area contributed by atoms with E-state index in [0.717, 1.165) is 57.8 Å². The van der Waals surface area contributed by atoms with Gasteiger partial charge in [-0.1, -0.05) is 0 Å². The van der Waals surface area contributed by atoms with Crippen LogP contribution in [0.3, 0.4) is 0 Å². The van der Waals surface area contributed by atoms with Crippen molar-refractivity contribution in [3.63, 3.8) is 0 Å². The van der Waals surface area contributed by atoms with Gasteiger partial charge in [-0.3, -0.25) is 14.6 Å². The summed E-state index contributed by atoms with van der Waals surface area (Å²) in [6.07, 6.45) is -2.26. The minimum atomic E-state index is -4.38. The molecular formula is C19H28F3N5O2. The Morgan fingerprint density at radius 2 is 1.66 bits per heavy atom. The summed E-state index contributed by atoms with van der Waals surface area (Å²) in [6.45, 7) is 6.97. The molecule has 1 N–H and O–H groups in total. The van der Waals surface area contributed by atoms with Gasteiger partial charge in [0.15, 0.2) is 0 Å². The summed E-state index contributed by atoms with van der Waals surface area (Å²) in [4.78, 5) is 22.8. The number of aliphatic hydroxyl groups excluding tert-OH is 1. The monoisotopic (exact) mass is 415 g/mol. The lowest BCUT2D eigenvalue weighted by Crippen LogP contribution is -2.49. The minimum absolute atomic E-state index is 0.478. The predicted octanol–water partition coefficient (Wildman–Crippen LogP) is 0.747. The number of piperazine rings is 1. The van der Waals surface area contributed by atoms with Gasteiger partial charge in [-0.05, 0) is 25.1 Å². The van der Waals surface area contributed by atoms with Crippen LogP contribution in [0.1, 0.15) is 12.0 Å². The Bertz CT molecular complexity index is 650. The summed E-state index contributed by atoms with van der Waals surface area (Å²) in [6, 6.07) is 2.49. The molecule has 29 heavy (non-hydrogen) atoms. The Morgan fingerprint density at radius 3 is 2.24 bits per heavy atom. The van der Waals surface area contributed by atoms with E-state index in [9.17, 15) is 23.1 Å². The van der Waals surface area contributed by atoms with Crippen LogP contribution in [0.4, 0.5) is 19.0 Å². The number of hydrogen-bond donors (Lipinski definition) is 1. The highest BCUT2D eigenvalue weighted by atomic mass is 19.4. The van der Waals surface area contributed by atoms with Crippen LogP contribution in [0, 0.1) is 0 Å². The van der Waals surface area contributed by atoms with Crippen LogP contribution in [0.5, 0.6) is 0 Å². The molecule has 2 aliphatic heterocycles. The van der Waals surface area contributed by atoms with E-state index < -0.39 is 17.8 Å². The number of alkyl halides is 3. The van der Waals surface area contributed by atoms with Crippen molar-refractivity contribution in [3.05, 3.63) is 23.9 Å². The lowest BCUT2D eigenvalue weighted by Gasteiger charge is -2.34. The van der Waals surface area contributed by atoms with Gasteiger partial charge in [-0.25, -0.2) is 4.98 Å². The summed E-state index contributed by atoms with van der Waals surface area (Å²) in [7, 11) is 0. The number of halogens is 3. The van der Waals surface area contributed by atoms with E-state index >= 15 is 0 Å². The van der Waals surface area contributed by atoms with Gasteiger partial charge in [0.2, 0.25) is 6.41 Å². The summed E-state index contributed by atoms with van der Waals surface area (Å²) in [5.74, 6) is 0.549. The average molecular weight is 415 g/mol. The first-order valence-corrected chi connectivity index (χ1v) is 9.95. The molecule has 3 heterocycles. The quantitative estimate of drug-likeness (QED) is 0.692. The summed E-state index contributed by atoms with van der Waals surface area (Å²) in [5.41, 5.74) is -0.741. The van der Waals surface area contributed by atoms with Crippen molar-refractivity contribution in [1.29, 1.82) is 0 Å². The van der Waals surface area contributed by atoms with Crippen LogP contribution >= 0.6 is 0 Å². The van der Waals surface area contributed by atoms with E-state index in [-0.39, 0.29) is 0 Å². The molecule has 2 fully saturated rings. The molecule has 0 spiro atoms. The van der Waals surface area contributed by atoms with Crippen molar-refractivity contribution in [2.45, 2.75) is 18.7 Å². The largest absolute Gasteiger partial charge is 0.417 e. The third-order valence-electron chi connectivity index (χ3n) is 5.48. The van der Waals surface area contributed by atoms with E-state index in [1.54, 1.807) is 4.90 Å². The third-order valence-corrected chi connectivity index (χ3v) is 5.48. The lowest BCUT2D eigenvalue weighted by molar-refractivity contribution is -0.137. The first-order chi connectivity index (χ1) is 13.8. The molecule has 0 saturated carbocycles. The van der Waals surface area contributed by atoms with Gasteiger partial charge in [0.25, 0.3) is 0 Å². The zero-order valence-electron chi connectivity index (χ0n) is 16.4. The van der Waals surface area contributed by atoms with Crippen LogP contribution in [0.25, 0.3) is 0 Å². The smallest absolute Gasteiger partial charge is 0.390 e. The number of anilines is 1. The van der Waals surface area contributed by atoms with E-state index in [0.29, 0.717) is 38.5 Å². The van der Waals surface area contributed by atoms with Crippen LogP contribution in [-0.2, 0) is 11.0 Å². The zero-order valence-corrected chi connectivity index (χ0v) is 16.4. The number of carbonyl (C=O) groups is 1. The van der Waals surface area contributed by atoms with E-state index in [1.807, 2.05) is 4.90 Å². The molecule has 0 unspecified atom stereocenters. The Kier molecular flexibility index (Phi) is 7.31. The van der Waals surface area contributed by atoms with Gasteiger partial charge in [-0.2, -0.15) is 13.2 Å². The maximum absolute atomic E-state index is 12.7. The zero-order chi connectivity index (χ0) is 20.9. The number of pyridine rings is 1. The van der Waals surface area contributed by atoms with Crippen molar-refractivity contribution < 1.29 is 23.1 Å². The number of aliphatic hydroxyl groups is 1. The molecule has 2 aliphatic rings. The van der Waals surface area contributed by atoms with E-state index in [1.165, 1.54) is 6.07 Å². The van der Waals surface area contributed by atoms with Crippen molar-refractivity contribution >= 4 is 12.2 Å². The van der Waals surface area contributed by atoms with Crippen LogP contribution in [0.15, 0.2) is 18.3 Å². The predicted molar refractivity (Wildman–Crippen MR) is 103 cm³/mol. The molecule has 3 rings (SSSR count). The third kappa shape index (κ3) is 6.28. The molecule has 1 aromatic rings. The fraction of sp³-hybridized carbons (Fsp3) is 0.684. The number of β-amino-alcohol motifs (C(OH)–C–C–N with tert-alkyl or cyclic N) is 1. The molecule has 10 heteroatoms. The molecule has 2 saturated heterocycles. The Labute approximate surface area is 168 Å². The molecule has 1 aromatic heterocycles. The van der Waals surface area contributed by atoms with Gasteiger partial charge >= 0.3 is 6.18 Å². The fourth-order valence-electron chi connectivity index (χ4n) is 3.83. The number of carbonyl (C=O) groups excluding carboxylic acids is 1. The van der Waals surface area contributed by atoms with Crippen LogP contribution in [-0.4, -0.2) is 103 Å². The maximum Gasteiger partial charge on any atom is 0.417 e. The van der Waals surface area contributed by atoms with Gasteiger partial charge in [0.1, 0.15) is 5.82 Å². The van der Waals surface area contributed by atoms with Crippen molar-refractivity contribution in [2.24, 2.45) is 0 Å². The molecule has 0 bridgehead atoms. The maximum atomic E-state index is 12.7. The Hall–Kier alpha value is -1.91. The summed E-state index contributed by atoms with van der Waals surface area (Å²) >= 11 is 0. The highest BCUT2D eigenvalue weighted by molar-refractivity contribution is 5.47. The molecule has 0 aliphatic carbocycles. The molecule has 0 radical (unpaired) electrons. The lowest BCUT2D eigenvalue weighted by atomic mass is 10.2. The highest BCUT2D eigenvalue weighted by Crippen LogP contribution is 2.29. The van der Waals surface area contributed by atoms with Gasteiger partial charge in [-0.15, -0.1) is 0 Å². The standard InChI is InChI=1S/C19H28F3N5O2/c20-19(21,22)16-2-3-18(23-12-16)27-5-1-4-24(10-11-27)13-17(29)14-25-6-8-26(15-28)9-7-25/h2-3,12,15,17,29H,1,4-11,13-14H2/t17-/m0/s1. The number of nitrogens with zero attached hydrogens (tertiary/aromatic N) is 5. The highest BCUT2D eigenvalue weighted by Gasteiger charge is 2.31. The van der Waals surface area contributed by atoms with Crippen molar-refractivity contribution in [1.82, 2.24) is 19.7 Å². The fourth-order valence-corrected chi connectivity index (χ4v) is 3.83. The van der Waals surface area contributed by atoms with E-state index in [2.05, 4.69) is 14.8 Å². The minimum Gasteiger partial charge on any atom is -0.390 e. The first-order valence-electron chi connectivity index (χ1n) is 9.95. The molecule has 1 amide bonds. The van der Waals surface area contributed by atoms with Crippen molar-refractivity contribution in [3.8, 4) is 0 Å². The van der Waals surface area contributed by atoms with Crippen LogP contribution < -0.4 is 4.90 Å². The van der Waals surface area contributed by atoms with Crippen LogP contribution in [0.2, 0.25) is 0 Å². The molecule has 162 valence electrons. The average Bonchev–Trinajstić information content (AvgIpc) is 2.93. The topological polar surface area (TPSA) is 63.2 Å². The SMILES string of the molecule is O=CN1CCN(C[C@@H](O)CN2CCCN(c3ccc(C(F)(F)F)cn3)CC2)CC1. The summed E-state index contributed by atoms with van der Waals surface area (Å²) in [5, 5.41) is 10.5. The van der Waals surface area contributed by atoms with Gasteiger partial charge in [0, 0.05) is 65.1 Å². The number of hydrogen-bond acceptors (Lipinski definition) is 6. The molecule has 7 nitrogen and oxygen atoms in total. The molecule has 0 aromatic carbocycles. The second-order valence-electron chi connectivity index (χ2n) is 7.64. The van der Waals surface area contributed by atoms with Gasteiger partial charge < -0.3 is 14.9 Å².